The lowest BCUT2D eigenvalue weighted by molar-refractivity contribution is -0.153. The number of rotatable bonds is 4. The molecule has 1 aromatic rings. The van der Waals surface area contributed by atoms with E-state index >= 15 is 0 Å². The first kappa shape index (κ1) is 14.6. The quantitative estimate of drug-likeness (QED) is 0.798. The molecule has 0 amide bonds. The average Bonchev–Trinajstić information content (AvgIpc) is 2.21. The Labute approximate surface area is 98.3 Å². The zero-order chi connectivity index (χ0) is 14.0. The van der Waals surface area contributed by atoms with E-state index < -0.39 is 40.6 Å². The number of halogens is 5. The Morgan fingerprint density at radius 1 is 1.17 bits per heavy atom. The number of hydrogen-bond donors (Lipinski definition) is 0. The Hall–Kier alpha value is -1.42. The van der Waals surface area contributed by atoms with Gasteiger partial charge >= 0.3 is 16.6 Å². The highest BCUT2D eigenvalue weighted by Crippen LogP contribution is 2.22. The second-order valence-electron chi connectivity index (χ2n) is 2.92. The predicted molar refractivity (Wildman–Crippen MR) is 47.9 cm³/mol. The number of benzene rings is 1. The van der Waals surface area contributed by atoms with Crippen molar-refractivity contribution in [2.24, 2.45) is 0 Å². The van der Waals surface area contributed by atoms with Crippen LogP contribution < -0.4 is 4.18 Å². The normalized spacial score (nSPS) is 12.5. The largest absolute Gasteiger partial charge is 0.449 e. The fraction of sp³-hybridized carbons (Fsp3) is 0.250. The molecule has 0 saturated carbocycles. The van der Waals surface area contributed by atoms with E-state index in [1.54, 1.807) is 0 Å². The first-order chi connectivity index (χ1) is 8.11. The van der Waals surface area contributed by atoms with E-state index in [1.165, 1.54) is 0 Å². The van der Waals surface area contributed by atoms with Crippen LogP contribution >= 0.6 is 0 Å². The van der Waals surface area contributed by atoms with Gasteiger partial charge in [-0.2, -0.15) is 26.0 Å². The van der Waals surface area contributed by atoms with Crippen LogP contribution in [0.15, 0.2) is 18.2 Å². The maximum absolute atomic E-state index is 13.0. The van der Waals surface area contributed by atoms with Crippen LogP contribution in [0.3, 0.4) is 0 Å². The van der Waals surface area contributed by atoms with Gasteiger partial charge in [-0.05, 0) is 12.1 Å². The van der Waals surface area contributed by atoms with Gasteiger partial charge in [0.25, 0.3) is 0 Å². The van der Waals surface area contributed by atoms with Crippen molar-refractivity contribution < 1.29 is 38.7 Å². The summed E-state index contributed by atoms with van der Waals surface area (Å²) >= 11 is 0. The topological polar surface area (TPSA) is 52.6 Å². The molecule has 0 unspecified atom stereocenters. The van der Waals surface area contributed by atoms with E-state index in [2.05, 4.69) is 8.37 Å². The first-order valence-electron chi connectivity index (χ1n) is 4.20. The van der Waals surface area contributed by atoms with Crippen LogP contribution in [0.2, 0.25) is 0 Å². The molecule has 0 saturated heterocycles. The molecule has 18 heavy (non-hydrogen) atoms. The molecule has 0 bridgehead atoms. The summed E-state index contributed by atoms with van der Waals surface area (Å²) in [4.78, 5) is 0. The molecule has 0 N–H and O–H groups in total. The lowest BCUT2D eigenvalue weighted by atomic mass is 10.3. The van der Waals surface area contributed by atoms with E-state index in [9.17, 15) is 30.4 Å². The molecule has 0 atom stereocenters. The van der Waals surface area contributed by atoms with Crippen LogP contribution in [0.4, 0.5) is 22.0 Å². The lowest BCUT2D eigenvalue weighted by Crippen LogP contribution is -2.23. The SMILES string of the molecule is O=S(=O)(OCC(F)(F)F)Oc1cccc(F)c1F. The molecular weight excluding hydrogens is 287 g/mol. The van der Waals surface area contributed by atoms with E-state index in [0.717, 1.165) is 6.07 Å². The third-order valence-electron chi connectivity index (χ3n) is 1.47. The summed E-state index contributed by atoms with van der Waals surface area (Å²) in [5, 5.41) is 0. The van der Waals surface area contributed by atoms with Gasteiger partial charge in [-0.3, -0.25) is 0 Å². The van der Waals surface area contributed by atoms with Crippen LogP contribution in [0.25, 0.3) is 0 Å². The second-order valence-corrected chi connectivity index (χ2v) is 4.14. The van der Waals surface area contributed by atoms with Crippen LogP contribution in [0, 0.1) is 11.6 Å². The van der Waals surface area contributed by atoms with Crippen LogP contribution in [0.5, 0.6) is 5.75 Å². The maximum Gasteiger partial charge on any atom is 0.449 e. The van der Waals surface area contributed by atoms with Crippen molar-refractivity contribution >= 4 is 10.4 Å². The third kappa shape index (κ3) is 4.45. The van der Waals surface area contributed by atoms with Gasteiger partial charge < -0.3 is 4.18 Å². The van der Waals surface area contributed by atoms with Gasteiger partial charge in [0.1, 0.15) is 0 Å². The van der Waals surface area contributed by atoms with Gasteiger partial charge in [0, 0.05) is 0 Å². The Bertz CT molecular complexity index is 525. The Kier molecular flexibility index (Phi) is 4.12. The van der Waals surface area contributed by atoms with Gasteiger partial charge in [-0.25, -0.2) is 8.57 Å². The highest BCUT2D eigenvalue weighted by atomic mass is 32.3. The Morgan fingerprint density at radius 2 is 1.78 bits per heavy atom. The molecule has 102 valence electrons. The minimum Gasteiger partial charge on any atom is -0.358 e. The molecule has 0 radical (unpaired) electrons. The van der Waals surface area contributed by atoms with Gasteiger partial charge in [0.05, 0.1) is 0 Å². The first-order valence-corrected chi connectivity index (χ1v) is 5.54. The minimum absolute atomic E-state index is 0.672. The molecule has 0 aromatic heterocycles. The molecule has 0 aliphatic carbocycles. The maximum atomic E-state index is 13.0. The Balaban J connectivity index is 2.80. The van der Waals surface area contributed by atoms with Crippen LogP contribution in [-0.2, 0) is 14.6 Å². The molecule has 0 aliphatic rings. The lowest BCUT2D eigenvalue weighted by Gasteiger charge is -2.09. The summed E-state index contributed by atoms with van der Waals surface area (Å²) in [5.74, 6) is -4.17. The molecule has 0 heterocycles. The van der Waals surface area contributed by atoms with Crippen molar-refractivity contribution in [3.8, 4) is 5.75 Å². The highest BCUT2D eigenvalue weighted by molar-refractivity contribution is 7.82. The van der Waals surface area contributed by atoms with Crippen molar-refractivity contribution in [1.29, 1.82) is 0 Å². The summed E-state index contributed by atoms with van der Waals surface area (Å²) in [7, 11) is -5.13. The average molecular weight is 292 g/mol. The Morgan fingerprint density at radius 3 is 2.33 bits per heavy atom. The predicted octanol–water partition coefficient (Wildman–Crippen LogP) is 2.17. The van der Waals surface area contributed by atoms with Gasteiger partial charge in [0.15, 0.2) is 18.2 Å². The van der Waals surface area contributed by atoms with Crippen molar-refractivity contribution in [3.63, 3.8) is 0 Å². The summed E-state index contributed by atoms with van der Waals surface area (Å²) in [6.07, 6.45) is -4.91. The summed E-state index contributed by atoms with van der Waals surface area (Å²) in [6, 6.07) is 2.30. The fourth-order valence-electron chi connectivity index (χ4n) is 0.821. The van der Waals surface area contributed by atoms with Gasteiger partial charge in [-0.1, -0.05) is 6.07 Å². The van der Waals surface area contributed by atoms with E-state index in [0.29, 0.717) is 12.1 Å². The standard InChI is InChI=1S/C8H5F5O4S/c9-5-2-1-3-6(7(5)10)17-18(14,15)16-4-8(11,12)13/h1-3H,4H2. The van der Waals surface area contributed by atoms with E-state index in [1.807, 2.05) is 0 Å². The van der Waals surface area contributed by atoms with Crippen molar-refractivity contribution in [3.05, 3.63) is 29.8 Å². The van der Waals surface area contributed by atoms with Crippen LogP contribution in [0.1, 0.15) is 0 Å². The molecule has 0 aliphatic heterocycles. The number of alkyl halides is 3. The molecular formula is C8H5F5O4S. The van der Waals surface area contributed by atoms with Gasteiger partial charge in [-0.15, -0.1) is 0 Å². The monoisotopic (exact) mass is 292 g/mol. The summed E-state index contributed by atoms with van der Waals surface area (Å²) in [6.45, 7) is -2.13. The van der Waals surface area contributed by atoms with Crippen molar-refractivity contribution in [2.75, 3.05) is 6.61 Å². The second kappa shape index (κ2) is 5.06. The van der Waals surface area contributed by atoms with E-state index in [-0.39, 0.29) is 0 Å². The molecule has 4 nitrogen and oxygen atoms in total. The molecule has 1 aromatic carbocycles. The third-order valence-corrected chi connectivity index (χ3v) is 2.27. The smallest absolute Gasteiger partial charge is 0.358 e. The van der Waals surface area contributed by atoms with Crippen molar-refractivity contribution in [1.82, 2.24) is 0 Å². The zero-order valence-corrected chi connectivity index (χ0v) is 9.19. The summed E-state index contributed by atoms with van der Waals surface area (Å²) < 4.78 is 89.7. The summed E-state index contributed by atoms with van der Waals surface area (Å²) in [5.41, 5.74) is 0. The van der Waals surface area contributed by atoms with Crippen molar-refractivity contribution in [2.45, 2.75) is 6.18 Å². The van der Waals surface area contributed by atoms with Crippen LogP contribution in [-0.4, -0.2) is 21.2 Å². The van der Waals surface area contributed by atoms with Gasteiger partial charge in [0.2, 0.25) is 5.82 Å². The molecule has 0 spiro atoms. The zero-order valence-electron chi connectivity index (χ0n) is 8.37. The molecule has 0 fully saturated rings. The highest BCUT2D eigenvalue weighted by Gasteiger charge is 2.32. The number of hydrogen-bond acceptors (Lipinski definition) is 4. The minimum atomic E-state index is -5.13. The molecule has 1 rings (SSSR count). The molecule has 10 heteroatoms. The van der Waals surface area contributed by atoms with E-state index in [4.69, 9.17) is 0 Å². The fourth-order valence-corrected chi connectivity index (χ4v) is 1.50.